The zero-order chi connectivity index (χ0) is 19.6. The minimum Gasteiger partial charge on any atom is -0.493 e. The van der Waals surface area contributed by atoms with Gasteiger partial charge >= 0.3 is 5.97 Å². The molecule has 0 aromatic heterocycles. The highest BCUT2D eigenvalue weighted by Gasteiger charge is 2.41. The van der Waals surface area contributed by atoms with Crippen molar-refractivity contribution in [3.8, 4) is 11.5 Å². The highest BCUT2D eigenvalue weighted by Crippen LogP contribution is 2.36. The molecule has 0 amide bonds. The van der Waals surface area contributed by atoms with E-state index in [0.29, 0.717) is 17.9 Å². The Morgan fingerprint density at radius 3 is 2.59 bits per heavy atom. The molecule has 27 heavy (non-hydrogen) atoms. The van der Waals surface area contributed by atoms with E-state index in [1.807, 2.05) is 0 Å². The lowest BCUT2D eigenvalue weighted by molar-refractivity contribution is -0.938. The molecule has 2 heterocycles. The van der Waals surface area contributed by atoms with E-state index in [4.69, 9.17) is 14.3 Å². The van der Waals surface area contributed by atoms with Crippen LogP contribution in [0.3, 0.4) is 0 Å². The Labute approximate surface area is 161 Å². The first-order valence-corrected chi connectivity index (χ1v) is 9.76. The van der Waals surface area contributed by atoms with Crippen LogP contribution in [-0.2, 0) is 16.1 Å². The molecule has 3 atom stereocenters. The highest BCUT2D eigenvalue weighted by atomic mass is 16.7. The third-order valence-corrected chi connectivity index (χ3v) is 5.67. The van der Waals surface area contributed by atoms with Gasteiger partial charge in [-0.2, -0.15) is 0 Å². The van der Waals surface area contributed by atoms with E-state index in [1.165, 1.54) is 18.1 Å². The Morgan fingerprint density at radius 2 is 1.96 bits per heavy atom. The molecule has 6 nitrogen and oxygen atoms in total. The number of carbonyl (C=O) groups is 1. The van der Waals surface area contributed by atoms with Gasteiger partial charge in [-0.1, -0.05) is 19.0 Å². The monoisotopic (exact) mass is 375 g/mol. The van der Waals surface area contributed by atoms with Crippen LogP contribution < -0.4 is 14.4 Å². The molecule has 1 aromatic rings. The molecular weight excluding hydrogens is 344 g/mol. The molecule has 0 aliphatic carbocycles. The number of hydrogen-bond acceptors (Lipinski definition) is 5. The summed E-state index contributed by atoms with van der Waals surface area (Å²) in [5.41, 5.74) is 3.62. The molecule has 0 spiro atoms. The second-order valence-corrected chi connectivity index (χ2v) is 8.02. The average Bonchev–Trinajstić information content (AvgIpc) is 2.64. The summed E-state index contributed by atoms with van der Waals surface area (Å²) in [6, 6.07) is 4.53. The number of hydrogen-bond donors (Lipinski definition) is 1. The molecule has 148 valence electrons. The lowest BCUT2D eigenvalue weighted by Gasteiger charge is -2.41. The maximum Gasteiger partial charge on any atom is 0.331 e. The Balaban J connectivity index is 1.93. The molecular formula is C21H31N2O4+. The standard InChI is InChI=1S/C21H30N2O4/c1-13(2)8-16-12-23-7-6-15-9-20(25-4)21(26-5)10-17(15)19(23)11-18(16)22-27-14(3)24/h9-10,13,16,19H,6-8,11-12H2,1-5H3/p+1/b22-18-/t16-,19-/m0/s1. The van der Waals surface area contributed by atoms with Gasteiger partial charge in [-0.25, -0.2) is 4.79 Å². The van der Waals surface area contributed by atoms with Gasteiger partial charge in [0.25, 0.3) is 0 Å². The van der Waals surface area contributed by atoms with E-state index in [1.54, 1.807) is 19.1 Å². The van der Waals surface area contributed by atoms with Gasteiger partial charge < -0.3 is 19.2 Å². The summed E-state index contributed by atoms with van der Waals surface area (Å²) in [6.45, 7) is 7.98. The number of fused-ring (bicyclic) bond motifs is 3. The number of nitrogens with zero attached hydrogens (tertiary/aromatic N) is 1. The number of methoxy groups -OCH3 is 2. The van der Waals surface area contributed by atoms with Crippen molar-refractivity contribution in [2.75, 3.05) is 27.3 Å². The Morgan fingerprint density at radius 1 is 1.26 bits per heavy atom. The minimum atomic E-state index is -0.365. The third-order valence-electron chi connectivity index (χ3n) is 5.67. The molecule has 2 aliphatic heterocycles. The second-order valence-electron chi connectivity index (χ2n) is 8.02. The lowest BCUT2D eigenvalue weighted by atomic mass is 9.79. The van der Waals surface area contributed by atoms with E-state index < -0.39 is 0 Å². The van der Waals surface area contributed by atoms with Gasteiger partial charge in [0, 0.05) is 25.3 Å². The first-order valence-electron chi connectivity index (χ1n) is 9.76. The van der Waals surface area contributed by atoms with Crippen LogP contribution in [0.2, 0.25) is 0 Å². The van der Waals surface area contributed by atoms with Crippen LogP contribution in [0, 0.1) is 11.8 Å². The number of ether oxygens (including phenoxy) is 2. The van der Waals surface area contributed by atoms with Crippen molar-refractivity contribution in [1.29, 1.82) is 0 Å². The highest BCUT2D eigenvalue weighted by molar-refractivity contribution is 5.88. The number of benzene rings is 1. The van der Waals surface area contributed by atoms with E-state index in [2.05, 4.69) is 31.1 Å². The van der Waals surface area contributed by atoms with Gasteiger partial charge in [-0.15, -0.1) is 0 Å². The molecule has 0 saturated carbocycles. The van der Waals surface area contributed by atoms with Gasteiger partial charge in [-0.3, -0.25) is 0 Å². The lowest BCUT2D eigenvalue weighted by Crippen LogP contribution is -3.15. The summed E-state index contributed by atoms with van der Waals surface area (Å²) in [4.78, 5) is 17.9. The van der Waals surface area contributed by atoms with Crippen LogP contribution in [0.15, 0.2) is 17.3 Å². The van der Waals surface area contributed by atoms with Crippen LogP contribution in [0.25, 0.3) is 0 Å². The van der Waals surface area contributed by atoms with E-state index in [-0.39, 0.29) is 5.97 Å². The number of nitrogens with one attached hydrogen (secondary N) is 1. The first-order chi connectivity index (χ1) is 12.9. The number of oxime groups is 1. The molecule has 1 N–H and O–H groups in total. The van der Waals surface area contributed by atoms with Crippen LogP contribution in [-0.4, -0.2) is 39.0 Å². The van der Waals surface area contributed by atoms with Crippen molar-refractivity contribution in [2.24, 2.45) is 17.0 Å². The number of piperidine rings is 1. The molecule has 1 unspecified atom stereocenters. The van der Waals surface area contributed by atoms with Crippen molar-refractivity contribution in [3.05, 3.63) is 23.3 Å². The van der Waals surface area contributed by atoms with Crippen molar-refractivity contribution < 1.29 is 24.0 Å². The SMILES string of the molecule is COc1cc2c(cc1OC)[C@@H]1C/C(=N/OC(C)=O)[C@@H](CC(C)C)C[NH+]1CC2. The van der Waals surface area contributed by atoms with Crippen LogP contribution in [0.4, 0.5) is 0 Å². The maximum atomic E-state index is 11.3. The second kappa shape index (κ2) is 8.30. The van der Waals surface area contributed by atoms with Gasteiger partial charge in [-0.05, 0) is 30.0 Å². The fourth-order valence-electron chi connectivity index (χ4n) is 4.50. The summed E-state index contributed by atoms with van der Waals surface area (Å²) in [7, 11) is 3.34. The van der Waals surface area contributed by atoms with Gasteiger partial charge in [0.15, 0.2) is 11.5 Å². The molecule has 2 aliphatic rings. The Hall–Kier alpha value is -2.08. The largest absolute Gasteiger partial charge is 0.493 e. The molecule has 3 rings (SSSR count). The maximum absolute atomic E-state index is 11.3. The molecule has 1 fully saturated rings. The third kappa shape index (κ3) is 4.26. The topological polar surface area (TPSA) is 61.6 Å². The fraction of sp³-hybridized carbons (Fsp3) is 0.619. The molecule has 1 aromatic carbocycles. The van der Waals surface area contributed by atoms with Gasteiger partial charge in [0.2, 0.25) is 0 Å². The number of carbonyl (C=O) groups excluding carboxylic acids is 1. The fourth-order valence-corrected chi connectivity index (χ4v) is 4.50. The summed E-state index contributed by atoms with van der Waals surface area (Å²) < 4.78 is 11.0. The van der Waals surface area contributed by atoms with E-state index >= 15 is 0 Å². The average molecular weight is 375 g/mol. The minimum absolute atomic E-state index is 0.311. The normalized spacial score (nSPS) is 25.7. The smallest absolute Gasteiger partial charge is 0.331 e. The van der Waals surface area contributed by atoms with Crippen molar-refractivity contribution in [2.45, 2.75) is 46.1 Å². The Bertz CT molecular complexity index is 729. The van der Waals surface area contributed by atoms with Crippen molar-refractivity contribution in [1.82, 2.24) is 0 Å². The van der Waals surface area contributed by atoms with Crippen molar-refractivity contribution in [3.63, 3.8) is 0 Å². The van der Waals surface area contributed by atoms with Crippen LogP contribution in [0.5, 0.6) is 11.5 Å². The van der Waals surface area contributed by atoms with Gasteiger partial charge in [0.05, 0.1) is 38.9 Å². The van der Waals surface area contributed by atoms with Gasteiger partial charge in [0.1, 0.15) is 6.04 Å². The zero-order valence-corrected chi connectivity index (χ0v) is 17.0. The zero-order valence-electron chi connectivity index (χ0n) is 17.0. The predicted octanol–water partition coefficient (Wildman–Crippen LogP) is 2.17. The van der Waals surface area contributed by atoms with Crippen LogP contribution in [0.1, 0.15) is 50.8 Å². The quantitative estimate of drug-likeness (QED) is 0.633. The predicted molar refractivity (Wildman–Crippen MR) is 103 cm³/mol. The molecule has 6 heteroatoms. The number of rotatable bonds is 5. The van der Waals surface area contributed by atoms with E-state index in [0.717, 1.165) is 49.6 Å². The first kappa shape index (κ1) is 19.7. The number of quaternary nitrogens is 1. The van der Waals surface area contributed by atoms with Crippen LogP contribution >= 0.6 is 0 Å². The summed E-state index contributed by atoms with van der Waals surface area (Å²) in [6.07, 6.45) is 2.91. The molecule has 0 bridgehead atoms. The van der Waals surface area contributed by atoms with Crippen molar-refractivity contribution >= 4 is 11.7 Å². The molecule has 1 saturated heterocycles. The summed E-state index contributed by atoms with van der Waals surface area (Å²) in [5.74, 6) is 2.12. The summed E-state index contributed by atoms with van der Waals surface area (Å²) in [5, 5.41) is 4.26. The molecule has 0 radical (unpaired) electrons. The summed E-state index contributed by atoms with van der Waals surface area (Å²) >= 11 is 0. The Kier molecular flexibility index (Phi) is 6.05. The van der Waals surface area contributed by atoms with E-state index in [9.17, 15) is 4.79 Å².